The standard InChI is InChI=1S/C26H38N8O3/c1-19(2)14-24(35)34-13-5-12-32(11-4-3-10-27-25(36)23-15-22(34)16-28-23)26(37)21-8-6-20(7-9-21)17-33-18-29-30-31-33/h6-9,18-19,22-23,28H,3-5,10-17H2,1-2H3,(H,27,36)/t22-,23-/m0/s1. The summed E-state index contributed by atoms with van der Waals surface area (Å²) in [5.74, 6) is 0.347. The number of amides is 3. The molecule has 0 unspecified atom stereocenters. The lowest BCUT2D eigenvalue weighted by Gasteiger charge is -2.31. The first-order chi connectivity index (χ1) is 17.9. The summed E-state index contributed by atoms with van der Waals surface area (Å²) >= 11 is 0. The predicted molar refractivity (Wildman–Crippen MR) is 137 cm³/mol. The topological polar surface area (TPSA) is 125 Å². The number of carbonyl (C=O) groups is 3. The second-order valence-corrected chi connectivity index (χ2v) is 10.4. The van der Waals surface area contributed by atoms with Crippen molar-refractivity contribution in [3.63, 3.8) is 0 Å². The van der Waals surface area contributed by atoms with E-state index in [2.05, 4.69) is 26.2 Å². The highest BCUT2D eigenvalue weighted by Crippen LogP contribution is 2.19. The molecule has 0 aliphatic carbocycles. The molecule has 0 spiro atoms. The molecule has 2 atom stereocenters. The quantitative estimate of drug-likeness (QED) is 0.616. The lowest BCUT2D eigenvalue weighted by atomic mass is 10.1. The van der Waals surface area contributed by atoms with Crippen LogP contribution >= 0.6 is 0 Å². The maximum Gasteiger partial charge on any atom is 0.253 e. The number of hydrogen-bond acceptors (Lipinski definition) is 7. The van der Waals surface area contributed by atoms with Crippen molar-refractivity contribution >= 4 is 17.7 Å². The summed E-state index contributed by atoms with van der Waals surface area (Å²) in [4.78, 5) is 43.0. The van der Waals surface area contributed by atoms with Crippen LogP contribution in [0, 0.1) is 5.92 Å². The first kappa shape index (κ1) is 26.7. The van der Waals surface area contributed by atoms with Gasteiger partial charge in [0.2, 0.25) is 11.8 Å². The van der Waals surface area contributed by atoms with E-state index in [1.807, 2.05) is 47.9 Å². The van der Waals surface area contributed by atoms with E-state index in [4.69, 9.17) is 0 Å². The summed E-state index contributed by atoms with van der Waals surface area (Å²) in [6.45, 7) is 7.56. The third-order valence-corrected chi connectivity index (χ3v) is 6.97. The molecule has 0 saturated carbocycles. The molecule has 0 radical (unpaired) electrons. The van der Waals surface area contributed by atoms with Gasteiger partial charge in [0.15, 0.2) is 0 Å². The van der Waals surface area contributed by atoms with Crippen molar-refractivity contribution < 1.29 is 14.4 Å². The number of rotatable bonds is 5. The minimum Gasteiger partial charge on any atom is -0.355 e. The number of nitrogens with zero attached hydrogens (tertiary/aromatic N) is 6. The summed E-state index contributed by atoms with van der Waals surface area (Å²) < 4.78 is 1.63. The fourth-order valence-electron chi connectivity index (χ4n) is 5.02. The third-order valence-electron chi connectivity index (χ3n) is 6.97. The summed E-state index contributed by atoms with van der Waals surface area (Å²) in [6.07, 6.45) is 4.94. The van der Waals surface area contributed by atoms with E-state index in [1.54, 1.807) is 11.0 Å². The van der Waals surface area contributed by atoms with E-state index in [1.165, 1.54) is 0 Å². The summed E-state index contributed by atoms with van der Waals surface area (Å²) in [7, 11) is 0. The van der Waals surface area contributed by atoms with Gasteiger partial charge in [0.1, 0.15) is 6.33 Å². The fourth-order valence-corrected chi connectivity index (χ4v) is 5.02. The molecule has 2 saturated heterocycles. The first-order valence-corrected chi connectivity index (χ1v) is 13.3. The maximum atomic E-state index is 13.4. The molecule has 2 fully saturated rings. The SMILES string of the molecule is CC(C)CC(=O)N1CCCN(C(=O)c2ccc(Cn3cnnn3)cc2)CCCCNC(=O)[C@@H]2C[C@H]1CN2. The van der Waals surface area contributed by atoms with E-state index in [0.717, 1.165) is 18.4 Å². The zero-order valence-electron chi connectivity index (χ0n) is 21.8. The van der Waals surface area contributed by atoms with Gasteiger partial charge in [0.05, 0.1) is 12.6 Å². The maximum absolute atomic E-state index is 13.4. The van der Waals surface area contributed by atoms with E-state index in [9.17, 15) is 14.4 Å². The predicted octanol–water partition coefficient (Wildman–Crippen LogP) is 1.07. The van der Waals surface area contributed by atoms with Gasteiger partial charge >= 0.3 is 0 Å². The van der Waals surface area contributed by atoms with E-state index < -0.39 is 0 Å². The number of tetrazole rings is 1. The Morgan fingerprint density at radius 2 is 1.86 bits per heavy atom. The van der Waals surface area contributed by atoms with Crippen LogP contribution in [0.15, 0.2) is 30.6 Å². The number of aromatic nitrogens is 4. The van der Waals surface area contributed by atoms with Crippen molar-refractivity contribution in [2.45, 2.75) is 64.6 Å². The Morgan fingerprint density at radius 1 is 1.08 bits per heavy atom. The van der Waals surface area contributed by atoms with Crippen LogP contribution in [0.3, 0.4) is 0 Å². The molecule has 37 heavy (non-hydrogen) atoms. The Hall–Kier alpha value is -3.34. The highest BCUT2D eigenvalue weighted by Gasteiger charge is 2.35. The monoisotopic (exact) mass is 510 g/mol. The minimum absolute atomic E-state index is 0.00878. The van der Waals surface area contributed by atoms with Gasteiger partial charge in [-0.15, -0.1) is 5.10 Å². The molecule has 11 heteroatoms. The average Bonchev–Trinajstić information content (AvgIpc) is 3.57. The van der Waals surface area contributed by atoms with Gasteiger partial charge in [-0.05, 0) is 59.7 Å². The highest BCUT2D eigenvalue weighted by atomic mass is 16.2. The van der Waals surface area contributed by atoms with Crippen molar-refractivity contribution in [3.05, 3.63) is 41.7 Å². The number of hydrogen-bond donors (Lipinski definition) is 2. The van der Waals surface area contributed by atoms with Crippen molar-refractivity contribution in [1.29, 1.82) is 0 Å². The molecule has 3 amide bonds. The van der Waals surface area contributed by atoms with Gasteiger partial charge in [0.25, 0.3) is 5.91 Å². The molecule has 2 bridgehead atoms. The van der Waals surface area contributed by atoms with Gasteiger partial charge in [0, 0.05) is 50.7 Å². The molecule has 2 aliphatic rings. The molecule has 4 rings (SSSR count). The molecule has 3 heterocycles. The fraction of sp³-hybridized carbons (Fsp3) is 0.615. The highest BCUT2D eigenvalue weighted by molar-refractivity contribution is 5.94. The second kappa shape index (κ2) is 12.8. The van der Waals surface area contributed by atoms with Crippen molar-refractivity contribution in [3.8, 4) is 0 Å². The van der Waals surface area contributed by atoms with Crippen LogP contribution in [0.5, 0.6) is 0 Å². The Balaban J connectivity index is 1.44. The molecule has 1 aromatic heterocycles. The Bertz CT molecular complexity index is 1040. The first-order valence-electron chi connectivity index (χ1n) is 13.3. The van der Waals surface area contributed by atoms with Crippen molar-refractivity contribution in [2.24, 2.45) is 5.92 Å². The van der Waals surface area contributed by atoms with E-state index in [-0.39, 0.29) is 35.7 Å². The zero-order valence-corrected chi connectivity index (χ0v) is 21.8. The van der Waals surface area contributed by atoms with Crippen LogP contribution in [-0.2, 0) is 16.1 Å². The van der Waals surface area contributed by atoms with Crippen LogP contribution < -0.4 is 10.6 Å². The van der Waals surface area contributed by atoms with Gasteiger partial charge < -0.3 is 20.4 Å². The van der Waals surface area contributed by atoms with Gasteiger partial charge in [-0.25, -0.2) is 4.68 Å². The molecule has 2 aliphatic heterocycles. The lowest BCUT2D eigenvalue weighted by Crippen LogP contribution is -2.44. The van der Waals surface area contributed by atoms with Crippen LogP contribution in [0.2, 0.25) is 0 Å². The molecule has 200 valence electrons. The Labute approximate surface area is 217 Å². The van der Waals surface area contributed by atoms with Crippen LogP contribution in [-0.4, -0.2) is 92.5 Å². The van der Waals surface area contributed by atoms with Crippen LogP contribution in [0.25, 0.3) is 0 Å². The number of fused-ring (bicyclic) bond motifs is 2. The molecule has 1 aromatic carbocycles. The largest absolute Gasteiger partial charge is 0.355 e. The molecule has 2 aromatic rings. The van der Waals surface area contributed by atoms with Crippen LogP contribution in [0.4, 0.5) is 0 Å². The van der Waals surface area contributed by atoms with Crippen molar-refractivity contribution in [1.82, 2.24) is 40.6 Å². The van der Waals surface area contributed by atoms with E-state index in [0.29, 0.717) is 64.1 Å². The summed E-state index contributed by atoms with van der Waals surface area (Å²) in [5, 5.41) is 17.5. The number of carbonyl (C=O) groups excluding carboxylic acids is 3. The van der Waals surface area contributed by atoms with Crippen LogP contribution in [0.1, 0.15) is 61.9 Å². The molecular weight excluding hydrogens is 472 g/mol. The second-order valence-electron chi connectivity index (χ2n) is 10.4. The molecule has 2 N–H and O–H groups in total. The smallest absolute Gasteiger partial charge is 0.253 e. The number of nitrogens with one attached hydrogen (secondary N) is 2. The molecule has 11 nitrogen and oxygen atoms in total. The Morgan fingerprint density at radius 3 is 2.59 bits per heavy atom. The summed E-state index contributed by atoms with van der Waals surface area (Å²) in [6, 6.07) is 7.26. The molecular formula is C26H38N8O3. The van der Waals surface area contributed by atoms with Gasteiger partial charge in [-0.2, -0.15) is 0 Å². The summed E-state index contributed by atoms with van der Waals surface area (Å²) in [5.41, 5.74) is 1.63. The lowest BCUT2D eigenvalue weighted by molar-refractivity contribution is -0.134. The third kappa shape index (κ3) is 7.34. The number of benzene rings is 1. The minimum atomic E-state index is -0.260. The Kier molecular flexibility index (Phi) is 9.21. The average molecular weight is 511 g/mol. The zero-order chi connectivity index (χ0) is 26.2. The van der Waals surface area contributed by atoms with Gasteiger partial charge in [-0.1, -0.05) is 26.0 Å². The van der Waals surface area contributed by atoms with Crippen molar-refractivity contribution in [2.75, 3.05) is 32.7 Å². The van der Waals surface area contributed by atoms with Gasteiger partial charge in [-0.3, -0.25) is 14.4 Å². The van der Waals surface area contributed by atoms with E-state index >= 15 is 0 Å². The normalized spacial score (nSPS) is 21.5.